The maximum Gasteiger partial charge on any atom is 0.239 e. The standard InChI is InChI=1S/C30H30FN5O3S2/c1-20(2)27-24(28(22-14-16-23(31)17-15-22)34-29(33-27)35(3)41(4,38)39)19-40(37)30-32-25-12-8-9-13-26(25)36(30)18-21-10-6-5-7-11-21/h5-17,20H,18-19H2,1-4H3. The molecule has 0 saturated heterocycles. The highest BCUT2D eigenvalue weighted by molar-refractivity contribution is 7.92. The van der Waals surface area contributed by atoms with Gasteiger partial charge in [-0.1, -0.05) is 56.3 Å². The second-order valence-electron chi connectivity index (χ2n) is 10.1. The van der Waals surface area contributed by atoms with Crippen molar-refractivity contribution in [1.29, 1.82) is 0 Å². The van der Waals surface area contributed by atoms with E-state index >= 15 is 0 Å². The summed E-state index contributed by atoms with van der Waals surface area (Å²) < 4.78 is 55.7. The molecule has 1 unspecified atom stereocenters. The van der Waals surface area contributed by atoms with Crippen LogP contribution < -0.4 is 4.31 Å². The summed E-state index contributed by atoms with van der Waals surface area (Å²) in [6.45, 7) is 4.34. The van der Waals surface area contributed by atoms with E-state index in [1.807, 2.05) is 73.0 Å². The lowest BCUT2D eigenvalue weighted by Gasteiger charge is -2.21. The van der Waals surface area contributed by atoms with Crippen LogP contribution in [0, 0.1) is 5.82 Å². The van der Waals surface area contributed by atoms with Gasteiger partial charge < -0.3 is 4.57 Å². The SMILES string of the molecule is CC(C)c1nc(N(C)S(C)(=O)=O)nc(-c2ccc(F)cc2)c1CS(=O)c1nc2ccccc2n1Cc1ccccc1. The number of anilines is 1. The van der Waals surface area contributed by atoms with Gasteiger partial charge in [-0.2, -0.15) is 0 Å². The topological polar surface area (TPSA) is 98.1 Å². The van der Waals surface area contributed by atoms with E-state index in [1.54, 1.807) is 12.1 Å². The number of para-hydroxylation sites is 2. The first kappa shape index (κ1) is 28.6. The first-order valence-corrected chi connectivity index (χ1v) is 16.2. The molecular weight excluding hydrogens is 561 g/mol. The van der Waals surface area contributed by atoms with Crippen molar-refractivity contribution in [2.75, 3.05) is 17.6 Å². The van der Waals surface area contributed by atoms with Crippen molar-refractivity contribution in [3.63, 3.8) is 0 Å². The van der Waals surface area contributed by atoms with Gasteiger partial charge in [-0.15, -0.1) is 0 Å². The van der Waals surface area contributed by atoms with Crippen molar-refractivity contribution in [1.82, 2.24) is 19.5 Å². The lowest BCUT2D eigenvalue weighted by atomic mass is 9.99. The van der Waals surface area contributed by atoms with Crippen molar-refractivity contribution in [3.05, 3.63) is 102 Å². The van der Waals surface area contributed by atoms with Gasteiger partial charge in [0.2, 0.25) is 21.1 Å². The predicted molar refractivity (Wildman–Crippen MR) is 160 cm³/mol. The minimum absolute atomic E-state index is 0.0126. The van der Waals surface area contributed by atoms with Gasteiger partial charge in [-0.25, -0.2) is 32.1 Å². The van der Waals surface area contributed by atoms with Crippen LogP contribution in [-0.2, 0) is 33.1 Å². The Morgan fingerprint density at radius 1 is 0.927 bits per heavy atom. The van der Waals surface area contributed by atoms with Crippen molar-refractivity contribution < 1.29 is 17.0 Å². The molecule has 2 heterocycles. The summed E-state index contributed by atoms with van der Waals surface area (Å²) >= 11 is 0. The summed E-state index contributed by atoms with van der Waals surface area (Å²) in [5, 5.41) is 0.409. The Morgan fingerprint density at radius 2 is 1.59 bits per heavy atom. The number of imidazole rings is 1. The molecule has 0 aliphatic carbocycles. The fourth-order valence-electron chi connectivity index (χ4n) is 4.59. The zero-order chi connectivity index (χ0) is 29.3. The molecule has 0 saturated carbocycles. The lowest BCUT2D eigenvalue weighted by Crippen LogP contribution is -2.28. The maximum atomic E-state index is 14.2. The second-order valence-corrected chi connectivity index (χ2v) is 13.4. The minimum atomic E-state index is -3.66. The van der Waals surface area contributed by atoms with Crippen LogP contribution in [0.3, 0.4) is 0 Å². The Hall–Kier alpha value is -3.96. The molecule has 0 radical (unpaired) electrons. The van der Waals surface area contributed by atoms with E-state index < -0.39 is 26.6 Å². The molecule has 1 atom stereocenters. The third-order valence-corrected chi connectivity index (χ3v) is 9.18. The number of hydrogen-bond acceptors (Lipinski definition) is 6. The largest absolute Gasteiger partial charge is 0.312 e. The van der Waals surface area contributed by atoms with Gasteiger partial charge in [-0.05, 0) is 47.9 Å². The zero-order valence-corrected chi connectivity index (χ0v) is 24.8. The fraction of sp³-hybridized carbons (Fsp3) is 0.233. The molecule has 0 aliphatic rings. The highest BCUT2D eigenvalue weighted by Crippen LogP contribution is 2.33. The van der Waals surface area contributed by atoms with Gasteiger partial charge in [-0.3, -0.25) is 4.21 Å². The number of benzene rings is 3. The smallest absolute Gasteiger partial charge is 0.239 e. The third kappa shape index (κ3) is 6.06. The highest BCUT2D eigenvalue weighted by atomic mass is 32.2. The maximum absolute atomic E-state index is 14.2. The van der Waals surface area contributed by atoms with E-state index in [1.165, 1.54) is 19.2 Å². The number of nitrogens with zero attached hydrogens (tertiary/aromatic N) is 5. The molecule has 0 bridgehead atoms. The Morgan fingerprint density at radius 3 is 2.24 bits per heavy atom. The average molecular weight is 592 g/mol. The molecule has 5 rings (SSSR count). The van der Waals surface area contributed by atoms with Crippen molar-refractivity contribution in [2.24, 2.45) is 0 Å². The molecule has 212 valence electrons. The van der Waals surface area contributed by atoms with Crippen LogP contribution in [0.25, 0.3) is 22.3 Å². The van der Waals surface area contributed by atoms with Crippen molar-refractivity contribution in [2.45, 2.75) is 37.2 Å². The summed E-state index contributed by atoms with van der Waals surface area (Å²) in [6.07, 6.45) is 1.07. The van der Waals surface area contributed by atoms with E-state index in [0.29, 0.717) is 34.2 Å². The van der Waals surface area contributed by atoms with Crippen LogP contribution in [0.1, 0.15) is 36.6 Å². The van der Waals surface area contributed by atoms with Gasteiger partial charge in [0.15, 0.2) is 0 Å². The predicted octanol–water partition coefficient (Wildman–Crippen LogP) is 5.51. The molecule has 3 aromatic carbocycles. The van der Waals surface area contributed by atoms with Crippen LogP contribution in [-0.4, -0.2) is 45.4 Å². The molecule has 2 aromatic heterocycles. The minimum Gasteiger partial charge on any atom is -0.312 e. The van der Waals surface area contributed by atoms with Gasteiger partial charge in [0.25, 0.3) is 0 Å². The van der Waals surface area contributed by atoms with Crippen molar-refractivity contribution in [3.8, 4) is 11.3 Å². The van der Waals surface area contributed by atoms with Crippen LogP contribution in [0.5, 0.6) is 0 Å². The molecule has 11 heteroatoms. The summed E-state index contributed by atoms with van der Waals surface area (Å²) in [4.78, 5) is 14.0. The molecule has 41 heavy (non-hydrogen) atoms. The summed E-state index contributed by atoms with van der Waals surface area (Å²) in [6, 6.07) is 23.3. The van der Waals surface area contributed by atoms with Gasteiger partial charge in [0.05, 0.1) is 51.8 Å². The fourth-order valence-corrected chi connectivity index (χ4v) is 6.25. The van der Waals surface area contributed by atoms with Gasteiger partial charge in [0, 0.05) is 18.2 Å². The summed E-state index contributed by atoms with van der Waals surface area (Å²) in [5.41, 5.74) is 4.75. The monoisotopic (exact) mass is 591 g/mol. The third-order valence-electron chi connectivity index (χ3n) is 6.75. The molecular formula is C30H30FN5O3S2. The first-order chi connectivity index (χ1) is 19.5. The van der Waals surface area contributed by atoms with E-state index in [0.717, 1.165) is 27.2 Å². The number of rotatable bonds is 9. The molecule has 0 amide bonds. The average Bonchev–Trinajstić information content (AvgIpc) is 3.31. The summed E-state index contributed by atoms with van der Waals surface area (Å²) in [7, 11) is -3.91. The molecule has 0 fully saturated rings. The quantitative estimate of drug-likeness (QED) is 0.224. The summed E-state index contributed by atoms with van der Waals surface area (Å²) in [5.74, 6) is -0.554. The van der Waals surface area contributed by atoms with Crippen LogP contribution >= 0.6 is 0 Å². The molecule has 0 N–H and O–H groups in total. The molecule has 0 spiro atoms. The number of fused-ring (bicyclic) bond motifs is 1. The van der Waals surface area contributed by atoms with E-state index in [4.69, 9.17) is 4.98 Å². The van der Waals surface area contributed by atoms with E-state index in [-0.39, 0.29) is 17.6 Å². The van der Waals surface area contributed by atoms with E-state index in [9.17, 15) is 17.0 Å². The van der Waals surface area contributed by atoms with Gasteiger partial charge in [0.1, 0.15) is 5.82 Å². The molecule has 5 aromatic rings. The number of sulfonamides is 1. The zero-order valence-electron chi connectivity index (χ0n) is 23.2. The Bertz CT molecular complexity index is 1840. The number of aromatic nitrogens is 4. The first-order valence-electron chi connectivity index (χ1n) is 13.0. The van der Waals surface area contributed by atoms with E-state index in [2.05, 4.69) is 9.97 Å². The van der Waals surface area contributed by atoms with Crippen LogP contribution in [0.4, 0.5) is 10.3 Å². The van der Waals surface area contributed by atoms with Crippen LogP contribution in [0.2, 0.25) is 0 Å². The van der Waals surface area contributed by atoms with Gasteiger partial charge >= 0.3 is 0 Å². The Kier molecular flexibility index (Phi) is 8.01. The lowest BCUT2D eigenvalue weighted by molar-refractivity contribution is 0.599. The molecule has 8 nitrogen and oxygen atoms in total. The van der Waals surface area contributed by atoms with Crippen LogP contribution in [0.15, 0.2) is 84.0 Å². The van der Waals surface area contributed by atoms with Crippen molar-refractivity contribution >= 4 is 37.8 Å². The number of halogens is 1. The normalized spacial score (nSPS) is 12.6. The Labute approximate surface area is 241 Å². The second kappa shape index (κ2) is 11.5. The Balaban J connectivity index is 1.66. The molecule has 0 aliphatic heterocycles. The highest BCUT2D eigenvalue weighted by Gasteiger charge is 2.26. The number of hydrogen-bond donors (Lipinski definition) is 0.